The lowest BCUT2D eigenvalue weighted by atomic mass is 10.1. The average molecular weight is 261 g/mol. The molecule has 0 aromatic carbocycles. The molecule has 2 saturated carbocycles. The largest absolute Gasteiger partial charge is 0.378 e. The van der Waals surface area contributed by atoms with E-state index in [0.29, 0.717) is 12.6 Å². The van der Waals surface area contributed by atoms with Crippen molar-refractivity contribution in [3.8, 4) is 0 Å². The van der Waals surface area contributed by atoms with Gasteiger partial charge in [-0.25, -0.2) is 0 Å². The second kappa shape index (κ2) is 5.55. The van der Waals surface area contributed by atoms with Crippen molar-refractivity contribution in [1.29, 1.82) is 0 Å². The van der Waals surface area contributed by atoms with E-state index < -0.39 is 0 Å². The molecule has 5 heteroatoms. The number of rotatable bonds is 4. The maximum atomic E-state index is 12.0. The molecule has 0 spiro atoms. The maximum absolute atomic E-state index is 12.0. The van der Waals surface area contributed by atoms with Crippen LogP contribution in [0.15, 0.2) is 0 Å². The van der Waals surface area contributed by atoms with Crippen LogP contribution in [0.1, 0.15) is 25.7 Å². The number of carbonyl (C=O) groups is 1. The van der Waals surface area contributed by atoms with Crippen LogP contribution in [0.3, 0.4) is 0 Å². The van der Waals surface area contributed by atoms with Gasteiger partial charge in [-0.2, -0.15) is 0 Å². The van der Waals surface area contributed by atoms with E-state index in [1.165, 1.54) is 25.7 Å². The summed E-state index contributed by atoms with van der Waals surface area (Å²) in [7, 11) is 0. The molecule has 0 aromatic rings. The van der Waals surface area contributed by atoms with Crippen molar-refractivity contribution in [1.82, 2.24) is 10.6 Å². The molecule has 2 aliphatic carbocycles. The van der Waals surface area contributed by atoms with E-state index in [-0.39, 0.29) is 24.4 Å². The van der Waals surface area contributed by atoms with Crippen LogP contribution in [0.5, 0.6) is 0 Å². The Morgan fingerprint density at radius 1 is 1.24 bits per heavy atom. The molecule has 0 aromatic heterocycles. The monoisotopic (exact) mass is 260 g/mol. The molecule has 17 heavy (non-hydrogen) atoms. The summed E-state index contributed by atoms with van der Waals surface area (Å²) in [5.41, 5.74) is 0. The van der Waals surface area contributed by atoms with E-state index in [1.54, 1.807) is 0 Å². The van der Waals surface area contributed by atoms with Gasteiger partial charge in [-0.1, -0.05) is 0 Å². The minimum absolute atomic E-state index is 0. The summed E-state index contributed by atoms with van der Waals surface area (Å²) in [5.74, 6) is 1.67. The van der Waals surface area contributed by atoms with Crippen molar-refractivity contribution in [2.45, 2.75) is 37.8 Å². The number of hydrogen-bond donors (Lipinski definition) is 2. The van der Waals surface area contributed by atoms with Gasteiger partial charge in [-0.15, -0.1) is 12.4 Å². The number of carbonyl (C=O) groups excluding carboxylic acids is 1. The minimum atomic E-state index is -0.131. The van der Waals surface area contributed by atoms with E-state index in [9.17, 15) is 4.79 Å². The molecular formula is C12H21ClN2O2. The van der Waals surface area contributed by atoms with Gasteiger partial charge < -0.3 is 15.4 Å². The van der Waals surface area contributed by atoms with Crippen molar-refractivity contribution < 1.29 is 9.53 Å². The van der Waals surface area contributed by atoms with E-state index in [0.717, 1.165) is 25.0 Å². The molecule has 1 unspecified atom stereocenters. The predicted molar refractivity (Wildman–Crippen MR) is 67.2 cm³/mol. The third-order valence-corrected chi connectivity index (χ3v) is 3.81. The fourth-order valence-corrected chi connectivity index (χ4v) is 2.53. The van der Waals surface area contributed by atoms with Crippen molar-refractivity contribution in [3.63, 3.8) is 0 Å². The van der Waals surface area contributed by atoms with Crippen LogP contribution in [0.4, 0.5) is 0 Å². The van der Waals surface area contributed by atoms with Crippen molar-refractivity contribution >= 4 is 18.3 Å². The zero-order valence-electron chi connectivity index (χ0n) is 9.98. The third kappa shape index (κ3) is 3.33. The van der Waals surface area contributed by atoms with Gasteiger partial charge in [0.15, 0.2) is 0 Å². The lowest BCUT2D eigenvalue weighted by Crippen LogP contribution is -2.54. The molecule has 98 valence electrons. The first-order chi connectivity index (χ1) is 7.84. The van der Waals surface area contributed by atoms with Crippen molar-refractivity contribution in [2.24, 2.45) is 11.8 Å². The number of nitrogens with one attached hydrogen (secondary N) is 2. The molecule has 4 nitrogen and oxygen atoms in total. The Hall–Kier alpha value is -0.320. The zero-order chi connectivity index (χ0) is 11.0. The SMILES string of the molecule is Cl.O=C(NC(C1CC1)C1CC1)C1COCCN1. The molecule has 3 aliphatic rings. The normalized spacial score (nSPS) is 28.6. The molecule has 0 bridgehead atoms. The van der Waals surface area contributed by atoms with Crippen LogP contribution in [0.2, 0.25) is 0 Å². The van der Waals surface area contributed by atoms with E-state index in [1.807, 2.05) is 0 Å². The zero-order valence-corrected chi connectivity index (χ0v) is 10.8. The van der Waals surface area contributed by atoms with E-state index in [2.05, 4.69) is 10.6 Å². The molecule has 1 amide bonds. The van der Waals surface area contributed by atoms with Crippen LogP contribution in [0, 0.1) is 11.8 Å². The second-order valence-electron chi connectivity index (χ2n) is 5.29. The summed E-state index contributed by atoms with van der Waals surface area (Å²) < 4.78 is 5.31. The molecule has 3 rings (SSSR count). The standard InChI is InChI=1S/C12H20N2O2.ClH/c15-12(10-7-16-6-5-13-10)14-11(8-1-2-8)9-3-4-9;/h8-11,13H,1-7H2,(H,14,15);1H. The summed E-state index contributed by atoms with van der Waals surface area (Å²) in [6.45, 7) is 2.03. The number of halogens is 1. The highest BCUT2D eigenvalue weighted by Crippen LogP contribution is 2.44. The summed E-state index contributed by atoms with van der Waals surface area (Å²) in [6.07, 6.45) is 5.21. The molecule has 2 N–H and O–H groups in total. The van der Waals surface area contributed by atoms with Crippen molar-refractivity contribution in [2.75, 3.05) is 19.8 Å². The molecule has 1 atom stereocenters. The van der Waals surface area contributed by atoms with Crippen LogP contribution in [0.25, 0.3) is 0 Å². The van der Waals surface area contributed by atoms with Crippen LogP contribution < -0.4 is 10.6 Å². The summed E-state index contributed by atoms with van der Waals surface area (Å²) in [5, 5.41) is 6.44. The first-order valence-corrected chi connectivity index (χ1v) is 6.46. The lowest BCUT2D eigenvalue weighted by molar-refractivity contribution is -0.126. The second-order valence-corrected chi connectivity index (χ2v) is 5.29. The number of hydrogen-bond acceptors (Lipinski definition) is 3. The van der Waals surface area contributed by atoms with Gasteiger partial charge in [0.25, 0.3) is 0 Å². The fraction of sp³-hybridized carbons (Fsp3) is 0.917. The smallest absolute Gasteiger partial charge is 0.239 e. The van der Waals surface area contributed by atoms with Crippen LogP contribution in [-0.2, 0) is 9.53 Å². The average Bonchev–Trinajstić information content (AvgIpc) is 3.19. The molecular weight excluding hydrogens is 240 g/mol. The Morgan fingerprint density at radius 2 is 1.88 bits per heavy atom. The van der Waals surface area contributed by atoms with Gasteiger partial charge in [0, 0.05) is 12.6 Å². The van der Waals surface area contributed by atoms with Gasteiger partial charge in [0.1, 0.15) is 6.04 Å². The Kier molecular flexibility index (Phi) is 4.28. The quantitative estimate of drug-likeness (QED) is 0.783. The van der Waals surface area contributed by atoms with Gasteiger partial charge in [-0.05, 0) is 37.5 Å². The molecule has 0 radical (unpaired) electrons. The Balaban J connectivity index is 0.00000108. The summed E-state index contributed by atoms with van der Waals surface area (Å²) in [6, 6.07) is 0.324. The first-order valence-electron chi connectivity index (χ1n) is 6.46. The lowest BCUT2D eigenvalue weighted by Gasteiger charge is -2.26. The fourth-order valence-electron chi connectivity index (χ4n) is 2.53. The Labute approximate surface area is 108 Å². The minimum Gasteiger partial charge on any atom is -0.378 e. The summed E-state index contributed by atoms with van der Waals surface area (Å²) >= 11 is 0. The predicted octanol–water partition coefficient (Wildman–Crippen LogP) is 0.701. The van der Waals surface area contributed by atoms with Crippen LogP contribution >= 0.6 is 12.4 Å². The van der Waals surface area contributed by atoms with Gasteiger partial charge in [0.05, 0.1) is 13.2 Å². The number of ether oxygens (including phenoxy) is 1. The number of amides is 1. The highest BCUT2D eigenvalue weighted by atomic mass is 35.5. The Bertz CT molecular complexity index is 262. The van der Waals surface area contributed by atoms with Crippen molar-refractivity contribution in [3.05, 3.63) is 0 Å². The van der Waals surface area contributed by atoms with Gasteiger partial charge in [0.2, 0.25) is 5.91 Å². The van der Waals surface area contributed by atoms with Crippen LogP contribution in [-0.4, -0.2) is 37.7 Å². The first kappa shape index (κ1) is 13.1. The highest BCUT2D eigenvalue weighted by molar-refractivity contribution is 5.85. The van der Waals surface area contributed by atoms with Gasteiger partial charge >= 0.3 is 0 Å². The summed E-state index contributed by atoms with van der Waals surface area (Å²) in [4.78, 5) is 12.0. The molecule has 1 saturated heterocycles. The Morgan fingerprint density at radius 3 is 2.35 bits per heavy atom. The van der Waals surface area contributed by atoms with E-state index in [4.69, 9.17) is 4.74 Å². The third-order valence-electron chi connectivity index (χ3n) is 3.81. The molecule has 1 aliphatic heterocycles. The van der Waals surface area contributed by atoms with Gasteiger partial charge in [-0.3, -0.25) is 4.79 Å². The highest BCUT2D eigenvalue weighted by Gasteiger charge is 2.42. The molecule has 3 fully saturated rings. The maximum Gasteiger partial charge on any atom is 0.239 e. The van der Waals surface area contributed by atoms with E-state index >= 15 is 0 Å². The molecule has 1 heterocycles. The number of morpholine rings is 1. The topological polar surface area (TPSA) is 50.4 Å².